The van der Waals surface area contributed by atoms with Crippen LogP contribution in [0.5, 0.6) is 0 Å². The summed E-state index contributed by atoms with van der Waals surface area (Å²) >= 11 is 0. The molecule has 1 aliphatic carbocycles. The predicted molar refractivity (Wildman–Crippen MR) is 50.1 cm³/mol. The van der Waals surface area contributed by atoms with Crippen molar-refractivity contribution < 1.29 is 0 Å². The van der Waals surface area contributed by atoms with Crippen molar-refractivity contribution in [3.05, 3.63) is 24.4 Å². The highest BCUT2D eigenvalue weighted by molar-refractivity contribution is 5.32. The van der Waals surface area contributed by atoms with Gasteiger partial charge in [0.1, 0.15) is 5.82 Å². The average molecular weight is 162 g/mol. The third kappa shape index (κ3) is 2.22. The Kier molecular flexibility index (Phi) is 2.26. The summed E-state index contributed by atoms with van der Waals surface area (Å²) in [6, 6.07) is 5.95. The molecular weight excluding hydrogens is 148 g/mol. The van der Waals surface area contributed by atoms with Crippen molar-refractivity contribution in [3.63, 3.8) is 0 Å². The van der Waals surface area contributed by atoms with Crippen LogP contribution in [0.4, 0.5) is 5.82 Å². The molecule has 2 nitrogen and oxygen atoms in total. The summed E-state index contributed by atoms with van der Waals surface area (Å²) in [5.74, 6) is 2.00. The molecule has 1 aliphatic rings. The van der Waals surface area contributed by atoms with Gasteiger partial charge in [-0.15, -0.1) is 0 Å². The summed E-state index contributed by atoms with van der Waals surface area (Å²) in [5, 5.41) is 3.30. The van der Waals surface area contributed by atoms with Crippen LogP contribution < -0.4 is 5.32 Å². The van der Waals surface area contributed by atoms with Crippen LogP contribution in [0.25, 0.3) is 0 Å². The highest BCUT2D eigenvalue weighted by Crippen LogP contribution is 2.31. The molecule has 0 aromatic carbocycles. The largest absolute Gasteiger partial charge is 0.370 e. The van der Waals surface area contributed by atoms with Gasteiger partial charge in [0.15, 0.2) is 0 Å². The molecule has 2 rings (SSSR count). The molecule has 2 heteroatoms. The lowest BCUT2D eigenvalue weighted by atomic mass is 10.3. The van der Waals surface area contributed by atoms with Gasteiger partial charge in [-0.25, -0.2) is 4.98 Å². The monoisotopic (exact) mass is 162 g/mol. The number of pyridine rings is 1. The van der Waals surface area contributed by atoms with E-state index in [2.05, 4.69) is 10.3 Å². The van der Waals surface area contributed by atoms with E-state index in [1.165, 1.54) is 19.3 Å². The predicted octanol–water partition coefficient (Wildman–Crippen LogP) is 2.29. The van der Waals surface area contributed by atoms with E-state index in [0.29, 0.717) is 0 Å². The molecule has 64 valence electrons. The van der Waals surface area contributed by atoms with Crippen molar-refractivity contribution in [1.29, 1.82) is 0 Å². The van der Waals surface area contributed by atoms with Gasteiger partial charge in [-0.3, -0.25) is 0 Å². The highest BCUT2D eigenvalue weighted by atomic mass is 15.0. The Morgan fingerprint density at radius 2 is 2.33 bits per heavy atom. The van der Waals surface area contributed by atoms with Crippen LogP contribution in [0.3, 0.4) is 0 Å². The smallest absolute Gasteiger partial charge is 0.125 e. The van der Waals surface area contributed by atoms with E-state index >= 15 is 0 Å². The van der Waals surface area contributed by atoms with Gasteiger partial charge in [-0.1, -0.05) is 18.9 Å². The first kappa shape index (κ1) is 7.59. The molecule has 1 heterocycles. The Morgan fingerprint density at radius 1 is 1.42 bits per heavy atom. The number of nitrogens with one attached hydrogen (secondary N) is 1. The van der Waals surface area contributed by atoms with Crippen LogP contribution in [0.15, 0.2) is 24.4 Å². The summed E-state index contributed by atoms with van der Waals surface area (Å²) in [7, 11) is 0. The fraction of sp³-hybridized carbons (Fsp3) is 0.500. The van der Waals surface area contributed by atoms with Gasteiger partial charge in [0.05, 0.1) is 0 Å². The van der Waals surface area contributed by atoms with Crippen molar-refractivity contribution >= 4 is 5.82 Å². The Bertz CT molecular complexity index is 229. The molecule has 12 heavy (non-hydrogen) atoms. The van der Waals surface area contributed by atoms with E-state index in [-0.39, 0.29) is 0 Å². The maximum atomic E-state index is 4.18. The number of hydrogen-bond acceptors (Lipinski definition) is 2. The van der Waals surface area contributed by atoms with Crippen molar-refractivity contribution in [3.8, 4) is 0 Å². The molecule has 1 N–H and O–H groups in total. The minimum Gasteiger partial charge on any atom is -0.370 e. The van der Waals surface area contributed by atoms with E-state index in [4.69, 9.17) is 0 Å². The number of nitrogens with zero attached hydrogens (tertiary/aromatic N) is 1. The van der Waals surface area contributed by atoms with Crippen LogP contribution in [-0.4, -0.2) is 11.5 Å². The maximum absolute atomic E-state index is 4.18. The molecule has 0 amide bonds. The summed E-state index contributed by atoms with van der Waals surface area (Å²) in [4.78, 5) is 4.18. The standard InChI is InChI=1S/C10H14N2/c1-2-7-11-10(3-1)12-8-6-9-4-5-9/h1-3,7,9H,4-6,8H2,(H,11,12). The van der Waals surface area contributed by atoms with Crippen molar-refractivity contribution in [2.45, 2.75) is 19.3 Å². The number of aromatic nitrogens is 1. The molecule has 1 saturated carbocycles. The zero-order chi connectivity index (χ0) is 8.23. The lowest BCUT2D eigenvalue weighted by Gasteiger charge is -2.02. The second-order valence-electron chi connectivity index (χ2n) is 3.37. The summed E-state index contributed by atoms with van der Waals surface area (Å²) < 4.78 is 0. The quantitative estimate of drug-likeness (QED) is 0.734. The van der Waals surface area contributed by atoms with E-state index in [9.17, 15) is 0 Å². The van der Waals surface area contributed by atoms with Gasteiger partial charge in [-0.2, -0.15) is 0 Å². The molecule has 0 spiro atoms. The topological polar surface area (TPSA) is 24.9 Å². The van der Waals surface area contributed by atoms with Crippen LogP contribution in [-0.2, 0) is 0 Å². The Labute approximate surface area is 73.0 Å². The molecule has 1 aromatic rings. The molecule has 0 radical (unpaired) electrons. The zero-order valence-electron chi connectivity index (χ0n) is 7.16. The molecule has 0 unspecified atom stereocenters. The minimum absolute atomic E-state index is 0.998. The third-order valence-electron chi connectivity index (χ3n) is 2.22. The van der Waals surface area contributed by atoms with E-state index in [1.54, 1.807) is 0 Å². The maximum Gasteiger partial charge on any atom is 0.125 e. The Morgan fingerprint density at radius 3 is 3.00 bits per heavy atom. The summed E-state index contributed by atoms with van der Waals surface area (Å²) in [5.41, 5.74) is 0. The fourth-order valence-corrected chi connectivity index (χ4v) is 1.28. The molecule has 0 saturated heterocycles. The first-order valence-electron chi connectivity index (χ1n) is 4.60. The first-order valence-corrected chi connectivity index (χ1v) is 4.60. The third-order valence-corrected chi connectivity index (χ3v) is 2.22. The lowest BCUT2D eigenvalue weighted by molar-refractivity contribution is 0.758. The molecular formula is C10H14N2. The van der Waals surface area contributed by atoms with Gasteiger partial charge in [0.2, 0.25) is 0 Å². The van der Waals surface area contributed by atoms with Gasteiger partial charge in [0.25, 0.3) is 0 Å². The number of anilines is 1. The van der Waals surface area contributed by atoms with Gasteiger partial charge >= 0.3 is 0 Å². The van der Waals surface area contributed by atoms with Gasteiger partial charge < -0.3 is 5.32 Å². The molecule has 0 bridgehead atoms. The normalized spacial score (nSPS) is 16.0. The SMILES string of the molecule is c1ccc(NCCC2CC2)nc1. The van der Waals surface area contributed by atoms with Crippen molar-refractivity contribution in [2.75, 3.05) is 11.9 Å². The van der Waals surface area contributed by atoms with Gasteiger partial charge in [-0.05, 0) is 24.5 Å². The molecule has 1 aromatic heterocycles. The van der Waals surface area contributed by atoms with Crippen LogP contribution in [0.1, 0.15) is 19.3 Å². The summed E-state index contributed by atoms with van der Waals surface area (Å²) in [6.45, 7) is 1.07. The van der Waals surface area contributed by atoms with Crippen LogP contribution in [0, 0.1) is 5.92 Å². The van der Waals surface area contributed by atoms with E-state index < -0.39 is 0 Å². The van der Waals surface area contributed by atoms with E-state index in [1.807, 2.05) is 24.4 Å². The number of hydrogen-bond donors (Lipinski definition) is 1. The number of rotatable bonds is 4. The molecule has 1 fully saturated rings. The molecule has 0 aliphatic heterocycles. The second kappa shape index (κ2) is 3.57. The zero-order valence-corrected chi connectivity index (χ0v) is 7.16. The van der Waals surface area contributed by atoms with Crippen LogP contribution >= 0.6 is 0 Å². The van der Waals surface area contributed by atoms with E-state index in [0.717, 1.165) is 18.3 Å². The summed E-state index contributed by atoms with van der Waals surface area (Å²) in [6.07, 6.45) is 5.99. The average Bonchev–Trinajstić information content (AvgIpc) is 2.90. The Hall–Kier alpha value is -1.05. The Balaban J connectivity index is 1.72. The highest BCUT2D eigenvalue weighted by Gasteiger charge is 2.19. The van der Waals surface area contributed by atoms with Gasteiger partial charge in [0, 0.05) is 12.7 Å². The first-order chi connectivity index (χ1) is 5.95. The van der Waals surface area contributed by atoms with Crippen LogP contribution in [0.2, 0.25) is 0 Å². The molecule has 0 atom stereocenters. The van der Waals surface area contributed by atoms with Crippen molar-refractivity contribution in [2.24, 2.45) is 5.92 Å². The van der Waals surface area contributed by atoms with Crippen molar-refractivity contribution in [1.82, 2.24) is 4.98 Å². The minimum atomic E-state index is 0.998. The fourth-order valence-electron chi connectivity index (χ4n) is 1.28. The lowest BCUT2D eigenvalue weighted by Crippen LogP contribution is -2.03. The second-order valence-corrected chi connectivity index (χ2v) is 3.37.